The molecule has 16 heteroatoms. The van der Waals surface area contributed by atoms with E-state index >= 15 is 0 Å². The maximum Gasteiger partial charge on any atom is 0.0904 e. The molecule has 0 atom stereocenters. The van der Waals surface area contributed by atoms with Gasteiger partial charge in [0.1, 0.15) is 0 Å². The molecule has 0 radical (unpaired) electrons. The summed E-state index contributed by atoms with van der Waals surface area (Å²) >= 11 is 23.8. The van der Waals surface area contributed by atoms with Crippen molar-refractivity contribution in [2.24, 2.45) is 0 Å². The zero-order valence-electron chi connectivity index (χ0n) is 65.6. The zero-order chi connectivity index (χ0) is 76.2. The van der Waals surface area contributed by atoms with Gasteiger partial charge in [0.25, 0.3) is 0 Å². The summed E-state index contributed by atoms with van der Waals surface area (Å²) in [5.74, 6) is 0. The van der Waals surface area contributed by atoms with Gasteiger partial charge in [0.15, 0.2) is 0 Å². The highest BCUT2D eigenvalue weighted by atomic mass is 32.1. The van der Waals surface area contributed by atoms with Gasteiger partial charge in [-0.05, 0) is 282 Å². The van der Waals surface area contributed by atoms with E-state index < -0.39 is 37.7 Å². The van der Waals surface area contributed by atoms with E-state index in [1.54, 1.807) is 18.0 Å². The topological polar surface area (TPSA) is 0 Å². The van der Waals surface area contributed by atoms with Gasteiger partial charge < -0.3 is 0 Å². The van der Waals surface area contributed by atoms with E-state index in [0.717, 1.165) is 0 Å². The van der Waals surface area contributed by atoms with Crippen molar-refractivity contribution in [3.05, 3.63) is 237 Å². The van der Waals surface area contributed by atoms with Crippen LogP contribution < -0.4 is 18.0 Å². The van der Waals surface area contributed by atoms with E-state index in [9.17, 15) is 0 Å². The highest BCUT2D eigenvalue weighted by molar-refractivity contribution is 7.35. The largest absolute Gasteiger partial charge is 0.144 e. The van der Waals surface area contributed by atoms with Crippen LogP contribution in [-0.4, -0.2) is 32.3 Å². The molecule has 0 nitrogen and oxygen atoms in total. The second-order valence-corrected chi connectivity index (χ2v) is 68.8. The molecular formula is C93H88S12Si4. The fourth-order valence-electron chi connectivity index (χ4n) is 16.1. The number of hydrogen-bond acceptors (Lipinski definition) is 12. The summed E-state index contributed by atoms with van der Waals surface area (Å²) in [6, 6.07) is 69.4. The lowest BCUT2D eigenvalue weighted by molar-refractivity contribution is 0.795. The van der Waals surface area contributed by atoms with Crippen LogP contribution in [0.4, 0.5) is 0 Å². The SMILES string of the molecule is Cc1cc(-c2ccc3c(c2)C2(c4cc(-c5cc(C)c(-c6cc(C)c(-c7ccc([Si](C)(C)C)s7)s6)s5)ccc4-3)c3cc(-c4cc(C)c(-c5cc(C)c(-c6ccc([Si](C)(C)C)s6)s5)s4)ccc3-c3ccc(-c4cc(C)c(-c5cc(C)c(-c6ccc([Si](C)(C)C)s6)s5)s4)cc32)sc1-c1cc(C)c(-c2ccc([Si](C)(C)C)s2)s1. The lowest BCUT2D eigenvalue weighted by Crippen LogP contribution is -2.34. The molecule has 16 aromatic rings. The first-order valence-electron chi connectivity index (χ1n) is 37.6. The predicted molar refractivity (Wildman–Crippen MR) is 512 cm³/mol. The molecule has 0 unspecified atom stereocenters. The smallest absolute Gasteiger partial charge is 0.0904 e. The summed E-state index contributed by atoms with van der Waals surface area (Å²) in [5.41, 5.74) is 26.0. The van der Waals surface area contributed by atoms with E-state index in [4.69, 9.17) is 0 Å². The molecule has 0 N–H and O–H groups in total. The van der Waals surface area contributed by atoms with Crippen LogP contribution in [0.15, 0.2) is 170 Å². The van der Waals surface area contributed by atoms with Gasteiger partial charge in [0.05, 0.1) is 37.7 Å². The third kappa shape index (κ3) is 12.9. The van der Waals surface area contributed by atoms with Crippen LogP contribution in [0.3, 0.4) is 0 Å². The molecule has 0 saturated heterocycles. The quantitative estimate of drug-likeness (QED) is 0.0846. The monoisotopic (exact) mass is 1700 g/mol. The lowest BCUT2D eigenvalue weighted by Gasteiger charge is -2.31. The van der Waals surface area contributed by atoms with Gasteiger partial charge in [-0.2, -0.15) is 0 Å². The van der Waals surface area contributed by atoms with Crippen LogP contribution in [0.2, 0.25) is 78.6 Å². The van der Waals surface area contributed by atoms with Crippen molar-refractivity contribution >= 4 is 186 Å². The Morgan fingerprint density at radius 3 is 0.541 bits per heavy atom. The normalized spacial score (nSPS) is 13.4. The number of fused-ring (bicyclic) bond motifs is 10. The van der Waals surface area contributed by atoms with Gasteiger partial charge >= 0.3 is 0 Å². The maximum atomic E-state index is 2.65. The summed E-state index contributed by atoms with van der Waals surface area (Å²) in [5, 5.41) is 0. The van der Waals surface area contributed by atoms with Crippen LogP contribution in [0, 0.1) is 55.4 Å². The minimum absolute atomic E-state index is 0.684. The molecule has 109 heavy (non-hydrogen) atoms. The predicted octanol–water partition coefficient (Wildman–Crippen LogP) is 31.4. The second-order valence-electron chi connectivity index (χ2n) is 34.4. The maximum absolute atomic E-state index is 2.65. The van der Waals surface area contributed by atoms with Crippen molar-refractivity contribution in [3.8, 4) is 142 Å². The van der Waals surface area contributed by atoms with Crippen molar-refractivity contribution < 1.29 is 0 Å². The Hall–Kier alpha value is -5.85. The molecule has 18 rings (SSSR count). The molecule has 1 spiro atoms. The summed E-state index contributed by atoms with van der Waals surface area (Å²) < 4.78 is 6.27. The standard InChI is InChI=1S/C93H88S12Si4/c1-49-37-73(98-89(49)77-41-53(5)85(102-77)69-29-33-81(94-69)106(9,10)11)57-21-25-61-62-26-22-58(74-38-50(2)90(99-74)78-42-54(6)86(103-78)70-30-34-82(95-70)107(12,13)14)46-66(62)93(65(61)45-57)67-47-59(75-39-51(3)91(100-75)79-43-55(7)87(104-79)71-31-35-83(96-71)108(15,16)17)23-27-63(67)64-28-24-60(48-68(64)93)76-40-52(4)92(101-76)80-44-56(8)88(105-80)72-32-36-84(97-72)109(18,19)20/h21-48H,1-20H3. The third-order valence-corrected chi connectivity index (χ3v) is 52.2. The Morgan fingerprint density at radius 2 is 0.358 bits per heavy atom. The molecule has 548 valence electrons. The van der Waals surface area contributed by atoms with E-state index in [2.05, 4.69) is 304 Å². The first-order valence-corrected chi connectivity index (χ1v) is 61.4. The molecule has 4 aromatic carbocycles. The van der Waals surface area contributed by atoms with E-state index in [0.29, 0.717) is 0 Å². The third-order valence-electron chi connectivity index (χ3n) is 21.9. The molecular weight excluding hydrogens is 1610 g/mol. The Morgan fingerprint density at radius 1 is 0.183 bits per heavy atom. The molecule has 0 saturated carbocycles. The van der Waals surface area contributed by atoms with Crippen molar-refractivity contribution in [1.82, 2.24) is 0 Å². The van der Waals surface area contributed by atoms with Crippen molar-refractivity contribution in [1.29, 1.82) is 0 Å². The number of thiophene rings is 12. The highest BCUT2D eigenvalue weighted by Gasteiger charge is 2.53. The zero-order valence-corrected chi connectivity index (χ0v) is 79.4. The summed E-state index contributed by atoms with van der Waals surface area (Å²) in [7, 11) is -5.79. The molecule has 2 aliphatic rings. The Balaban J connectivity index is 0.821. The first kappa shape index (κ1) is 74.6. The molecule has 12 heterocycles. The van der Waals surface area contributed by atoms with Crippen LogP contribution >= 0.6 is 136 Å². The lowest BCUT2D eigenvalue weighted by atomic mass is 9.69. The van der Waals surface area contributed by atoms with E-state index in [-0.39, 0.29) is 0 Å². The minimum Gasteiger partial charge on any atom is -0.144 e. The van der Waals surface area contributed by atoms with Crippen molar-refractivity contribution in [2.45, 2.75) is 139 Å². The highest BCUT2D eigenvalue weighted by Crippen LogP contribution is 2.66. The number of benzene rings is 4. The second kappa shape index (κ2) is 27.2. The minimum atomic E-state index is -1.45. The van der Waals surface area contributed by atoms with Crippen LogP contribution in [0.5, 0.6) is 0 Å². The van der Waals surface area contributed by atoms with Gasteiger partial charge in [-0.25, -0.2) is 0 Å². The Bertz CT molecular complexity index is 5580. The molecule has 0 fully saturated rings. The number of aryl methyl sites for hydroxylation is 8. The summed E-state index contributed by atoms with van der Waals surface area (Å²) in [6.45, 7) is 48.2. The fourth-order valence-corrected chi connectivity index (χ4v) is 38.4. The first-order chi connectivity index (χ1) is 51.7. The Kier molecular flexibility index (Phi) is 18.6. The molecule has 2 aliphatic carbocycles. The average molecular weight is 1700 g/mol. The molecule has 0 aliphatic heterocycles. The average Bonchev–Trinajstić information content (AvgIpc) is 1.50. The number of rotatable bonds is 16. The van der Waals surface area contributed by atoms with E-state index in [1.165, 1.54) is 209 Å². The molecule has 12 aromatic heterocycles. The van der Waals surface area contributed by atoms with Crippen LogP contribution in [-0.2, 0) is 5.41 Å². The van der Waals surface area contributed by atoms with Crippen LogP contribution in [0.1, 0.15) is 66.8 Å². The van der Waals surface area contributed by atoms with E-state index in [1.807, 2.05) is 136 Å². The Labute approximate surface area is 696 Å². The van der Waals surface area contributed by atoms with Crippen molar-refractivity contribution in [3.63, 3.8) is 0 Å². The van der Waals surface area contributed by atoms with Gasteiger partial charge in [-0.15, -0.1) is 136 Å². The van der Waals surface area contributed by atoms with Gasteiger partial charge in [-0.1, -0.05) is 151 Å². The summed E-state index contributed by atoms with van der Waals surface area (Å²) in [4.78, 5) is 27.4. The van der Waals surface area contributed by atoms with Gasteiger partial charge in [0.2, 0.25) is 0 Å². The fraction of sp³-hybridized carbons (Fsp3) is 0.226. The van der Waals surface area contributed by atoms with Gasteiger partial charge in [-0.3, -0.25) is 0 Å². The summed E-state index contributed by atoms with van der Waals surface area (Å²) in [6.07, 6.45) is 0. The van der Waals surface area contributed by atoms with Crippen LogP contribution in [0.25, 0.3) is 142 Å². The van der Waals surface area contributed by atoms with Gasteiger partial charge in [0, 0.05) is 97.5 Å². The van der Waals surface area contributed by atoms with Crippen molar-refractivity contribution in [2.75, 3.05) is 0 Å². The number of hydrogen-bond donors (Lipinski definition) is 0. The molecule has 0 amide bonds. The molecule has 0 bridgehead atoms.